The Balaban J connectivity index is 1.80. The zero-order valence-electron chi connectivity index (χ0n) is 20.7. The van der Waals surface area contributed by atoms with Crippen LogP contribution in [0.4, 0.5) is 11.4 Å². The second-order valence-corrected chi connectivity index (χ2v) is 9.45. The fraction of sp³-hybridized carbons (Fsp3) is 0.172. The average molecular weight is 478 g/mol. The lowest BCUT2D eigenvalue weighted by Crippen LogP contribution is -2.37. The van der Waals surface area contributed by atoms with Gasteiger partial charge in [-0.2, -0.15) is 0 Å². The molecule has 0 amide bonds. The molecule has 7 nitrogen and oxygen atoms in total. The lowest BCUT2D eigenvalue weighted by molar-refractivity contribution is 0.708. The first-order chi connectivity index (χ1) is 17.4. The number of nitrogens with zero attached hydrogens (tertiary/aromatic N) is 4. The standard InChI is InChI=1S/C29H27N5O2/c1-31(2)20-16-14-18(15-17-20)24-27-26-23(28(35)33(4)29(36)32(26)3)25(19-10-6-5-7-11-19)34(27)22-13-9-8-12-21(22)30-24/h5-17,24,30H,1-4H3/t24-/m0/s1. The van der Waals surface area contributed by atoms with Crippen molar-refractivity contribution in [1.82, 2.24) is 13.7 Å². The molecule has 1 aliphatic rings. The van der Waals surface area contributed by atoms with E-state index in [0.717, 1.165) is 39.6 Å². The molecule has 0 bridgehead atoms. The van der Waals surface area contributed by atoms with Gasteiger partial charge in [0, 0.05) is 33.9 Å². The lowest BCUT2D eigenvalue weighted by atomic mass is 9.99. The van der Waals surface area contributed by atoms with Crippen LogP contribution >= 0.6 is 0 Å². The molecule has 0 aliphatic carbocycles. The molecule has 5 aromatic rings. The van der Waals surface area contributed by atoms with Crippen LogP contribution in [0.2, 0.25) is 0 Å². The van der Waals surface area contributed by atoms with E-state index >= 15 is 0 Å². The predicted octanol–water partition coefficient (Wildman–Crippen LogP) is 4.28. The number of aryl methyl sites for hydroxylation is 1. The molecule has 1 aliphatic heterocycles. The van der Waals surface area contributed by atoms with Crippen molar-refractivity contribution >= 4 is 22.3 Å². The Morgan fingerprint density at radius 1 is 0.806 bits per heavy atom. The van der Waals surface area contributed by atoms with Crippen LogP contribution in [0.25, 0.3) is 27.8 Å². The molecule has 0 spiro atoms. The van der Waals surface area contributed by atoms with E-state index in [2.05, 4.69) is 45.1 Å². The molecule has 0 fully saturated rings. The van der Waals surface area contributed by atoms with Crippen molar-refractivity contribution in [2.24, 2.45) is 14.1 Å². The molecule has 0 radical (unpaired) electrons. The number of hydrogen-bond donors (Lipinski definition) is 1. The summed E-state index contributed by atoms with van der Waals surface area (Å²) in [5.74, 6) is 0. The fourth-order valence-corrected chi connectivity index (χ4v) is 5.30. The Hall–Kier alpha value is -4.52. The normalized spacial score (nSPS) is 14.3. The van der Waals surface area contributed by atoms with Gasteiger partial charge in [-0.3, -0.25) is 13.9 Å². The summed E-state index contributed by atoms with van der Waals surface area (Å²) in [7, 11) is 7.31. The summed E-state index contributed by atoms with van der Waals surface area (Å²) in [5, 5.41) is 4.23. The van der Waals surface area contributed by atoms with Crippen molar-refractivity contribution in [2.75, 3.05) is 24.3 Å². The van der Waals surface area contributed by atoms with E-state index in [1.807, 2.05) is 62.6 Å². The maximum Gasteiger partial charge on any atom is 0.331 e. The SMILES string of the molecule is CN(C)c1ccc([C@@H]2Nc3ccccc3-n3c(-c4ccccc4)c4c(=O)n(C)c(=O)n(C)c4c32)cc1. The number of benzene rings is 3. The van der Waals surface area contributed by atoms with Crippen molar-refractivity contribution in [3.05, 3.63) is 111 Å². The van der Waals surface area contributed by atoms with Crippen LogP contribution < -0.4 is 21.5 Å². The van der Waals surface area contributed by atoms with Gasteiger partial charge in [-0.25, -0.2) is 4.79 Å². The predicted molar refractivity (Wildman–Crippen MR) is 145 cm³/mol. The van der Waals surface area contributed by atoms with Crippen molar-refractivity contribution in [1.29, 1.82) is 0 Å². The molecule has 3 heterocycles. The highest BCUT2D eigenvalue weighted by Crippen LogP contribution is 2.45. The van der Waals surface area contributed by atoms with Gasteiger partial charge < -0.3 is 14.8 Å². The Labute approximate surface area is 208 Å². The van der Waals surface area contributed by atoms with E-state index in [9.17, 15) is 9.59 Å². The van der Waals surface area contributed by atoms with Crippen LogP contribution in [0.15, 0.2) is 88.5 Å². The van der Waals surface area contributed by atoms with E-state index in [-0.39, 0.29) is 17.3 Å². The summed E-state index contributed by atoms with van der Waals surface area (Å²) in [6.45, 7) is 0. The van der Waals surface area contributed by atoms with Crippen LogP contribution in [0.3, 0.4) is 0 Å². The van der Waals surface area contributed by atoms with Gasteiger partial charge in [0.15, 0.2) is 0 Å². The van der Waals surface area contributed by atoms with Gasteiger partial charge in [0.2, 0.25) is 0 Å². The van der Waals surface area contributed by atoms with E-state index in [0.29, 0.717) is 10.9 Å². The maximum absolute atomic E-state index is 13.7. The van der Waals surface area contributed by atoms with Crippen LogP contribution in [-0.4, -0.2) is 27.8 Å². The van der Waals surface area contributed by atoms with Gasteiger partial charge in [-0.05, 0) is 35.4 Å². The van der Waals surface area contributed by atoms with Crippen LogP contribution in [0.1, 0.15) is 17.3 Å². The minimum atomic E-state index is -0.346. The summed E-state index contributed by atoms with van der Waals surface area (Å²) in [4.78, 5) is 28.9. The molecule has 2 aromatic heterocycles. The van der Waals surface area contributed by atoms with Gasteiger partial charge in [0.25, 0.3) is 5.56 Å². The molecular weight excluding hydrogens is 450 g/mol. The molecule has 0 saturated carbocycles. The Morgan fingerprint density at radius 2 is 1.47 bits per heavy atom. The van der Waals surface area contributed by atoms with E-state index in [1.54, 1.807) is 18.7 Å². The van der Waals surface area contributed by atoms with Crippen molar-refractivity contribution in [2.45, 2.75) is 6.04 Å². The van der Waals surface area contributed by atoms with E-state index in [4.69, 9.17) is 0 Å². The summed E-state index contributed by atoms with van der Waals surface area (Å²) in [5.41, 5.74) is 6.63. The quantitative estimate of drug-likeness (QED) is 0.421. The molecule has 180 valence electrons. The number of anilines is 2. The molecule has 36 heavy (non-hydrogen) atoms. The minimum Gasteiger partial charge on any atom is -0.378 e. The Bertz CT molecular complexity index is 1740. The highest BCUT2D eigenvalue weighted by atomic mass is 16.2. The molecule has 1 atom stereocenters. The van der Waals surface area contributed by atoms with Crippen LogP contribution in [-0.2, 0) is 14.1 Å². The van der Waals surface area contributed by atoms with Crippen LogP contribution in [0, 0.1) is 0 Å². The Kier molecular flexibility index (Phi) is 4.89. The first-order valence-electron chi connectivity index (χ1n) is 11.9. The largest absolute Gasteiger partial charge is 0.378 e. The zero-order chi connectivity index (χ0) is 25.1. The van der Waals surface area contributed by atoms with Gasteiger partial charge in [0.1, 0.15) is 0 Å². The monoisotopic (exact) mass is 477 g/mol. The second-order valence-electron chi connectivity index (χ2n) is 9.45. The van der Waals surface area contributed by atoms with Crippen molar-refractivity contribution in [3.8, 4) is 16.9 Å². The number of para-hydroxylation sites is 2. The number of nitrogens with one attached hydrogen (secondary N) is 1. The third-order valence-corrected chi connectivity index (χ3v) is 7.12. The highest BCUT2D eigenvalue weighted by Gasteiger charge is 2.34. The molecule has 0 unspecified atom stereocenters. The zero-order valence-corrected chi connectivity index (χ0v) is 20.7. The number of hydrogen-bond acceptors (Lipinski definition) is 4. The highest BCUT2D eigenvalue weighted by molar-refractivity contribution is 5.99. The number of aromatic nitrogens is 3. The van der Waals surface area contributed by atoms with E-state index in [1.165, 1.54) is 4.57 Å². The molecule has 6 rings (SSSR count). The molecule has 0 saturated heterocycles. The van der Waals surface area contributed by atoms with Gasteiger partial charge >= 0.3 is 5.69 Å². The smallest absolute Gasteiger partial charge is 0.331 e. The fourth-order valence-electron chi connectivity index (χ4n) is 5.30. The summed E-state index contributed by atoms with van der Waals surface area (Å²) in [6, 6.07) is 26.1. The molecular formula is C29H27N5O2. The van der Waals surface area contributed by atoms with Gasteiger partial charge in [-0.1, -0.05) is 54.6 Å². The summed E-state index contributed by atoms with van der Waals surface area (Å²) >= 11 is 0. The van der Waals surface area contributed by atoms with Gasteiger partial charge in [-0.15, -0.1) is 0 Å². The van der Waals surface area contributed by atoms with Crippen LogP contribution in [0.5, 0.6) is 0 Å². The minimum absolute atomic E-state index is 0.270. The summed E-state index contributed by atoms with van der Waals surface area (Å²) < 4.78 is 4.96. The number of rotatable bonds is 3. The molecule has 1 N–H and O–H groups in total. The summed E-state index contributed by atoms with van der Waals surface area (Å²) in [6.07, 6.45) is 0. The van der Waals surface area contributed by atoms with Crippen molar-refractivity contribution in [3.63, 3.8) is 0 Å². The first kappa shape index (κ1) is 22.0. The van der Waals surface area contributed by atoms with E-state index < -0.39 is 0 Å². The third-order valence-electron chi connectivity index (χ3n) is 7.12. The molecule has 3 aromatic carbocycles. The molecule has 7 heteroatoms. The third kappa shape index (κ3) is 3.05. The second kappa shape index (κ2) is 8.02. The topological polar surface area (TPSA) is 64.2 Å². The number of fused-ring (bicyclic) bond motifs is 5. The maximum atomic E-state index is 13.7. The van der Waals surface area contributed by atoms with Gasteiger partial charge in [0.05, 0.1) is 39.7 Å². The lowest BCUT2D eigenvalue weighted by Gasteiger charge is -2.31. The average Bonchev–Trinajstić information content (AvgIpc) is 3.27. The van der Waals surface area contributed by atoms with Crippen molar-refractivity contribution < 1.29 is 0 Å². The Morgan fingerprint density at radius 3 is 2.17 bits per heavy atom. The first-order valence-corrected chi connectivity index (χ1v) is 11.9.